The molecule has 0 fully saturated rings. The zero-order valence-electron chi connectivity index (χ0n) is 4.78. The molecule has 6 nitrogen and oxygen atoms in total. The second-order valence-corrected chi connectivity index (χ2v) is 1.22. The van der Waals surface area contributed by atoms with Crippen molar-refractivity contribution < 1.29 is 0 Å². The van der Waals surface area contributed by atoms with Gasteiger partial charge in [-0.25, -0.2) is 0 Å². The van der Waals surface area contributed by atoms with Gasteiger partial charge >= 0.3 is 0 Å². The number of nitrogens with two attached hydrogens (primary N) is 1. The second kappa shape index (κ2) is 3.53. The summed E-state index contributed by atoms with van der Waals surface area (Å²) in [6, 6.07) is 0. The van der Waals surface area contributed by atoms with Crippen LogP contribution in [0.3, 0.4) is 0 Å². The molecule has 0 amide bonds. The third-order valence-electron chi connectivity index (χ3n) is 0.499. The zero-order valence-corrected chi connectivity index (χ0v) is 4.78. The minimum Gasteiger partial charge on any atom is -0.369 e. The maximum absolute atomic E-state index is 6.83. The molecule has 0 saturated carbocycles. The van der Waals surface area contributed by atoms with Crippen LogP contribution in [0.2, 0.25) is 0 Å². The topological polar surface area (TPSA) is 110 Å². The number of hydrazine groups is 1. The lowest BCUT2D eigenvalue weighted by Crippen LogP contribution is -2.48. The van der Waals surface area contributed by atoms with Crippen molar-refractivity contribution in [2.24, 2.45) is 5.73 Å². The first-order chi connectivity index (χ1) is 4.16. The Morgan fingerprint density at radius 3 is 2.22 bits per heavy atom. The molecule has 0 aromatic rings. The first-order valence-electron chi connectivity index (χ1n) is 2.14. The summed E-state index contributed by atoms with van der Waals surface area (Å²) in [4.78, 5) is 0. The summed E-state index contributed by atoms with van der Waals surface area (Å²) in [5.41, 5.74) is 9.28. The molecule has 1 radical (unpaired) electrons. The van der Waals surface area contributed by atoms with Gasteiger partial charge in [0.2, 0.25) is 11.9 Å². The van der Waals surface area contributed by atoms with E-state index in [0.29, 0.717) is 0 Å². The van der Waals surface area contributed by atoms with E-state index in [1.54, 1.807) is 0 Å². The SMILES string of the molecule is [CH2]NC(=N)NNC(=N)N. The first-order valence-corrected chi connectivity index (χ1v) is 2.14. The van der Waals surface area contributed by atoms with Gasteiger partial charge in [-0.3, -0.25) is 21.7 Å². The molecule has 0 spiro atoms. The third kappa shape index (κ3) is 4.39. The van der Waals surface area contributed by atoms with Gasteiger partial charge in [-0.1, -0.05) is 0 Å². The minimum atomic E-state index is -0.255. The maximum atomic E-state index is 6.83. The van der Waals surface area contributed by atoms with E-state index in [1.807, 2.05) is 0 Å². The van der Waals surface area contributed by atoms with Crippen molar-refractivity contribution in [3.05, 3.63) is 7.05 Å². The summed E-state index contributed by atoms with van der Waals surface area (Å²) in [6.45, 7) is 0. The van der Waals surface area contributed by atoms with Gasteiger partial charge in [-0.15, -0.1) is 0 Å². The molecule has 9 heavy (non-hydrogen) atoms. The summed E-state index contributed by atoms with van der Waals surface area (Å²) in [5, 5.41) is 15.7. The van der Waals surface area contributed by atoms with Gasteiger partial charge in [-0.05, 0) is 0 Å². The Morgan fingerprint density at radius 1 is 1.33 bits per heavy atom. The highest BCUT2D eigenvalue weighted by Gasteiger charge is 1.87. The van der Waals surface area contributed by atoms with Crippen molar-refractivity contribution in [3.8, 4) is 0 Å². The molecule has 0 aromatic heterocycles. The van der Waals surface area contributed by atoms with E-state index in [9.17, 15) is 0 Å². The Balaban J connectivity index is 3.28. The van der Waals surface area contributed by atoms with Crippen LogP contribution in [-0.4, -0.2) is 11.9 Å². The van der Waals surface area contributed by atoms with Gasteiger partial charge in [0.05, 0.1) is 0 Å². The number of nitrogens with one attached hydrogen (secondary N) is 5. The summed E-state index contributed by atoms with van der Waals surface area (Å²) >= 11 is 0. The summed E-state index contributed by atoms with van der Waals surface area (Å²) in [5.74, 6) is -0.305. The maximum Gasteiger partial charge on any atom is 0.207 e. The first kappa shape index (κ1) is 7.54. The lowest BCUT2D eigenvalue weighted by Gasteiger charge is -2.06. The fourth-order valence-corrected chi connectivity index (χ4v) is 0.174. The number of guanidine groups is 2. The van der Waals surface area contributed by atoms with Crippen LogP contribution < -0.4 is 21.9 Å². The van der Waals surface area contributed by atoms with Gasteiger partial charge in [0.1, 0.15) is 0 Å². The molecular formula is C3H9N6. The third-order valence-corrected chi connectivity index (χ3v) is 0.499. The number of hydrogen-bond donors (Lipinski definition) is 6. The van der Waals surface area contributed by atoms with Crippen LogP contribution in [0, 0.1) is 17.9 Å². The van der Waals surface area contributed by atoms with Crippen molar-refractivity contribution in [3.63, 3.8) is 0 Å². The molecule has 0 heterocycles. The fourth-order valence-electron chi connectivity index (χ4n) is 0.174. The van der Waals surface area contributed by atoms with Gasteiger partial charge < -0.3 is 11.1 Å². The summed E-state index contributed by atoms with van der Waals surface area (Å²) in [6.07, 6.45) is 0. The van der Waals surface area contributed by atoms with Crippen LogP contribution in [-0.2, 0) is 0 Å². The largest absolute Gasteiger partial charge is 0.369 e. The molecular weight excluding hydrogens is 120 g/mol. The Kier molecular flexibility index (Phi) is 2.96. The van der Waals surface area contributed by atoms with Gasteiger partial charge in [0, 0.05) is 7.05 Å². The van der Waals surface area contributed by atoms with Crippen LogP contribution in [0.1, 0.15) is 0 Å². The quantitative estimate of drug-likeness (QED) is 0.133. The molecule has 0 atom stereocenters. The van der Waals surface area contributed by atoms with Crippen molar-refractivity contribution >= 4 is 11.9 Å². The molecule has 0 aliphatic rings. The van der Waals surface area contributed by atoms with E-state index >= 15 is 0 Å². The Bertz CT molecular complexity index is 117. The van der Waals surface area contributed by atoms with Crippen LogP contribution in [0.25, 0.3) is 0 Å². The molecule has 0 aromatic carbocycles. The van der Waals surface area contributed by atoms with Crippen LogP contribution in [0.4, 0.5) is 0 Å². The highest BCUT2D eigenvalue weighted by atomic mass is 15.4. The lowest BCUT2D eigenvalue weighted by molar-refractivity contribution is 0.814. The van der Waals surface area contributed by atoms with Crippen LogP contribution in [0.5, 0.6) is 0 Å². The smallest absolute Gasteiger partial charge is 0.207 e. The molecule has 7 N–H and O–H groups in total. The second-order valence-electron chi connectivity index (χ2n) is 1.22. The van der Waals surface area contributed by atoms with E-state index < -0.39 is 0 Å². The molecule has 6 heteroatoms. The predicted molar refractivity (Wildman–Crippen MR) is 34.4 cm³/mol. The molecule has 0 rings (SSSR count). The summed E-state index contributed by atoms with van der Waals surface area (Å²) < 4.78 is 0. The Labute approximate surface area is 52.8 Å². The van der Waals surface area contributed by atoms with E-state index in [-0.39, 0.29) is 11.9 Å². The normalized spacial score (nSPS) is 7.67. The van der Waals surface area contributed by atoms with E-state index in [1.165, 1.54) is 0 Å². The summed E-state index contributed by atoms with van der Waals surface area (Å²) in [7, 11) is 3.18. The molecule has 51 valence electrons. The average Bonchev–Trinajstić information content (AvgIpc) is 1.83. The molecule has 0 unspecified atom stereocenters. The van der Waals surface area contributed by atoms with Crippen molar-refractivity contribution in [2.45, 2.75) is 0 Å². The standard InChI is InChI=1S/C3H9N6/c1-7-3(6)9-8-2(4)5/h1H2,(H4,4,5,8)(H3,6,7,9). The monoisotopic (exact) mass is 129 g/mol. The van der Waals surface area contributed by atoms with Crippen LogP contribution >= 0.6 is 0 Å². The van der Waals surface area contributed by atoms with Crippen molar-refractivity contribution in [2.75, 3.05) is 0 Å². The van der Waals surface area contributed by atoms with E-state index in [0.717, 1.165) is 0 Å². The highest BCUT2D eigenvalue weighted by molar-refractivity contribution is 5.81. The lowest BCUT2D eigenvalue weighted by atomic mass is 10.9. The molecule has 0 aliphatic carbocycles. The Morgan fingerprint density at radius 2 is 1.89 bits per heavy atom. The zero-order chi connectivity index (χ0) is 7.28. The van der Waals surface area contributed by atoms with Gasteiger partial charge in [0.15, 0.2) is 0 Å². The Hall–Kier alpha value is -1.46. The number of hydrogen-bond acceptors (Lipinski definition) is 2. The fraction of sp³-hybridized carbons (Fsp3) is 0. The van der Waals surface area contributed by atoms with E-state index in [2.05, 4.69) is 23.2 Å². The predicted octanol–water partition coefficient (Wildman–Crippen LogP) is -1.71. The molecule has 0 saturated heterocycles. The number of rotatable bonds is 0. The molecule has 0 bridgehead atoms. The minimum absolute atomic E-state index is 0.0507. The molecule has 0 aliphatic heterocycles. The van der Waals surface area contributed by atoms with Crippen molar-refractivity contribution in [1.29, 1.82) is 10.8 Å². The average molecular weight is 129 g/mol. The van der Waals surface area contributed by atoms with Gasteiger partial charge in [0.25, 0.3) is 0 Å². The van der Waals surface area contributed by atoms with E-state index in [4.69, 9.17) is 16.6 Å². The van der Waals surface area contributed by atoms with Crippen LogP contribution in [0.15, 0.2) is 0 Å². The van der Waals surface area contributed by atoms with Crippen molar-refractivity contribution in [1.82, 2.24) is 16.2 Å². The van der Waals surface area contributed by atoms with Gasteiger partial charge in [-0.2, -0.15) is 0 Å². The highest BCUT2D eigenvalue weighted by Crippen LogP contribution is 1.49.